The van der Waals surface area contributed by atoms with E-state index in [1.165, 1.54) is 30.3 Å². The van der Waals surface area contributed by atoms with Crippen molar-refractivity contribution in [2.45, 2.75) is 24.0 Å². The van der Waals surface area contributed by atoms with Crippen molar-refractivity contribution in [2.24, 2.45) is 0 Å². The molecule has 0 bridgehead atoms. The molecule has 1 atom stereocenters. The molecule has 0 aliphatic carbocycles. The second-order valence-electron chi connectivity index (χ2n) is 5.42. The third-order valence-corrected chi connectivity index (χ3v) is 4.93. The van der Waals surface area contributed by atoms with Crippen molar-refractivity contribution >= 4 is 33.3 Å². The summed E-state index contributed by atoms with van der Waals surface area (Å²) in [5, 5.41) is 12.2. The van der Waals surface area contributed by atoms with Gasteiger partial charge in [0.2, 0.25) is 14.9 Å². The number of benzene rings is 1. The minimum atomic E-state index is -3.62. The van der Waals surface area contributed by atoms with Crippen LogP contribution in [0.2, 0.25) is 5.02 Å². The number of hydrogen-bond acceptors (Lipinski definition) is 5. The molecule has 1 aromatic heterocycles. The molecule has 0 fully saturated rings. The van der Waals surface area contributed by atoms with Crippen molar-refractivity contribution < 1.29 is 27.5 Å². The summed E-state index contributed by atoms with van der Waals surface area (Å²) in [6.07, 6.45) is 0.990. The minimum Gasteiger partial charge on any atom is -0.479 e. The monoisotopic (exact) mass is 385 g/mol. The molecule has 1 heterocycles. The third-order valence-electron chi connectivity index (χ3n) is 3.73. The molecule has 25 heavy (non-hydrogen) atoms. The van der Waals surface area contributed by atoms with Crippen LogP contribution >= 0.6 is 11.6 Å². The van der Waals surface area contributed by atoms with Crippen molar-refractivity contribution in [2.75, 3.05) is 6.26 Å². The van der Waals surface area contributed by atoms with Gasteiger partial charge in [0.15, 0.2) is 11.3 Å². The summed E-state index contributed by atoms with van der Waals surface area (Å²) in [7, 11) is -3.62. The second kappa shape index (κ2) is 6.89. The van der Waals surface area contributed by atoms with Crippen LogP contribution in [0.4, 0.5) is 0 Å². The maximum Gasteiger partial charge on any atom is 0.334 e. The predicted molar refractivity (Wildman–Crippen MR) is 90.3 cm³/mol. The Morgan fingerprint density at radius 1 is 1.20 bits per heavy atom. The van der Waals surface area contributed by atoms with Crippen LogP contribution in [-0.2, 0) is 20.2 Å². The lowest BCUT2D eigenvalue weighted by Crippen LogP contribution is -2.51. The normalized spacial score (nSPS) is 13.9. The molecule has 0 radical (unpaired) electrons. The van der Waals surface area contributed by atoms with Gasteiger partial charge in [-0.1, -0.05) is 30.7 Å². The Labute approximate surface area is 149 Å². The number of rotatable bonds is 6. The molecule has 0 saturated heterocycles. The van der Waals surface area contributed by atoms with Crippen molar-refractivity contribution in [3.63, 3.8) is 0 Å². The van der Waals surface area contributed by atoms with Gasteiger partial charge >= 0.3 is 5.97 Å². The lowest BCUT2D eigenvalue weighted by atomic mass is 9.87. The van der Waals surface area contributed by atoms with Crippen molar-refractivity contribution in [1.82, 2.24) is 5.32 Å². The van der Waals surface area contributed by atoms with E-state index >= 15 is 0 Å². The van der Waals surface area contributed by atoms with Crippen LogP contribution < -0.4 is 5.32 Å². The van der Waals surface area contributed by atoms with Crippen LogP contribution in [0.25, 0.3) is 0 Å². The molecule has 0 saturated carbocycles. The number of carboxylic acid groups (broad SMARTS) is 1. The maximum atomic E-state index is 12.4. The highest BCUT2D eigenvalue weighted by Crippen LogP contribution is 2.28. The molecule has 7 nitrogen and oxygen atoms in total. The van der Waals surface area contributed by atoms with E-state index < -0.39 is 27.3 Å². The van der Waals surface area contributed by atoms with Gasteiger partial charge in [-0.15, -0.1) is 0 Å². The Morgan fingerprint density at radius 3 is 2.24 bits per heavy atom. The van der Waals surface area contributed by atoms with Crippen LogP contribution in [-0.4, -0.2) is 31.7 Å². The van der Waals surface area contributed by atoms with Crippen molar-refractivity contribution in [3.8, 4) is 0 Å². The average molecular weight is 386 g/mol. The molecule has 134 valence electrons. The van der Waals surface area contributed by atoms with Crippen LogP contribution in [0, 0.1) is 0 Å². The molecule has 2 rings (SSSR count). The first-order valence-electron chi connectivity index (χ1n) is 7.22. The predicted octanol–water partition coefficient (Wildman–Crippen LogP) is 2.46. The molecule has 0 spiro atoms. The Hall–Kier alpha value is -2.32. The molecule has 1 aromatic carbocycles. The third kappa shape index (κ3) is 3.85. The zero-order valence-corrected chi connectivity index (χ0v) is 15.0. The Balaban J connectivity index is 2.40. The Bertz CT molecular complexity index is 903. The minimum absolute atomic E-state index is 0.0509. The standard InChI is InChI=1S/C16H16ClNO6S/c1-3-16(15(20)21,10-4-6-11(17)7-5-10)18-14(19)12-8-9-13(24-12)25(2,22)23/h4-9H,3H2,1-2H3,(H,18,19)(H,20,21). The Kier molecular flexibility index (Phi) is 5.24. The van der Waals surface area contributed by atoms with E-state index in [1.54, 1.807) is 6.92 Å². The number of amides is 1. The second-order valence-corrected chi connectivity index (χ2v) is 7.80. The fourth-order valence-corrected chi connectivity index (χ4v) is 3.01. The van der Waals surface area contributed by atoms with E-state index in [2.05, 4.69) is 5.32 Å². The molecule has 2 N–H and O–H groups in total. The molecule has 1 unspecified atom stereocenters. The summed E-state index contributed by atoms with van der Waals surface area (Å²) in [6, 6.07) is 8.36. The van der Waals surface area contributed by atoms with Crippen LogP contribution in [0.3, 0.4) is 0 Å². The fraction of sp³-hybridized carbons (Fsp3) is 0.250. The first-order chi connectivity index (χ1) is 11.6. The Morgan fingerprint density at radius 2 is 1.80 bits per heavy atom. The van der Waals surface area contributed by atoms with Gasteiger partial charge in [-0.2, -0.15) is 0 Å². The summed E-state index contributed by atoms with van der Waals surface area (Å²) >= 11 is 5.82. The molecule has 9 heteroatoms. The number of aliphatic carboxylic acids is 1. The largest absolute Gasteiger partial charge is 0.479 e. The first-order valence-corrected chi connectivity index (χ1v) is 9.49. The number of nitrogens with one attached hydrogen (secondary N) is 1. The van der Waals surface area contributed by atoms with E-state index in [1.807, 2.05) is 0 Å². The van der Waals surface area contributed by atoms with Crippen molar-refractivity contribution in [1.29, 1.82) is 0 Å². The molecular formula is C16H16ClNO6S. The fourth-order valence-electron chi connectivity index (χ4n) is 2.32. The molecular weight excluding hydrogens is 370 g/mol. The van der Waals surface area contributed by atoms with E-state index in [4.69, 9.17) is 16.0 Å². The van der Waals surface area contributed by atoms with Crippen LogP contribution in [0.15, 0.2) is 45.9 Å². The van der Waals surface area contributed by atoms with Gasteiger partial charge in [0.1, 0.15) is 0 Å². The summed E-state index contributed by atoms with van der Waals surface area (Å²) in [4.78, 5) is 24.3. The first kappa shape index (κ1) is 19.0. The quantitative estimate of drug-likeness (QED) is 0.789. The summed E-state index contributed by atoms with van der Waals surface area (Å²) in [5.74, 6) is -2.40. The van der Waals surface area contributed by atoms with E-state index in [-0.39, 0.29) is 17.3 Å². The number of carboxylic acids is 1. The molecule has 0 aliphatic heterocycles. The lowest BCUT2D eigenvalue weighted by molar-refractivity contribution is -0.145. The molecule has 2 aromatic rings. The topological polar surface area (TPSA) is 114 Å². The van der Waals surface area contributed by atoms with Gasteiger partial charge < -0.3 is 14.8 Å². The summed E-state index contributed by atoms with van der Waals surface area (Å²) in [6.45, 7) is 1.60. The SMILES string of the molecule is CCC(NC(=O)c1ccc(S(C)(=O)=O)o1)(C(=O)O)c1ccc(Cl)cc1. The number of halogens is 1. The zero-order chi connectivity index (χ0) is 18.8. The summed E-state index contributed by atoms with van der Waals surface area (Å²) in [5.41, 5.74) is -1.38. The van der Waals surface area contributed by atoms with Crippen molar-refractivity contribution in [3.05, 3.63) is 52.7 Å². The maximum absolute atomic E-state index is 12.4. The number of hydrogen-bond donors (Lipinski definition) is 2. The molecule has 0 aliphatic rings. The van der Waals surface area contributed by atoms with E-state index in [0.717, 1.165) is 12.3 Å². The van der Waals surface area contributed by atoms with E-state index in [9.17, 15) is 23.1 Å². The van der Waals surface area contributed by atoms with Gasteiger partial charge in [0.25, 0.3) is 5.91 Å². The van der Waals surface area contributed by atoms with E-state index in [0.29, 0.717) is 10.6 Å². The highest BCUT2D eigenvalue weighted by Gasteiger charge is 2.41. The smallest absolute Gasteiger partial charge is 0.334 e. The van der Waals surface area contributed by atoms with Crippen LogP contribution in [0.1, 0.15) is 29.5 Å². The highest BCUT2D eigenvalue weighted by molar-refractivity contribution is 7.90. The number of carbonyl (C=O) groups excluding carboxylic acids is 1. The summed E-state index contributed by atoms with van der Waals surface area (Å²) < 4.78 is 27.9. The van der Waals surface area contributed by atoms with Gasteiger partial charge in [0, 0.05) is 11.3 Å². The average Bonchev–Trinajstić information content (AvgIpc) is 3.03. The zero-order valence-electron chi connectivity index (χ0n) is 13.4. The van der Waals surface area contributed by atoms with Gasteiger partial charge in [-0.3, -0.25) is 4.79 Å². The number of sulfone groups is 1. The number of furan rings is 1. The van der Waals surface area contributed by atoms with Crippen LogP contribution in [0.5, 0.6) is 0 Å². The highest BCUT2D eigenvalue weighted by atomic mass is 35.5. The van der Waals surface area contributed by atoms with Gasteiger partial charge in [-0.25, -0.2) is 13.2 Å². The van der Waals surface area contributed by atoms with Gasteiger partial charge in [-0.05, 0) is 36.2 Å². The molecule has 1 amide bonds. The number of carbonyl (C=O) groups is 2. The lowest BCUT2D eigenvalue weighted by Gasteiger charge is -2.29. The van der Waals surface area contributed by atoms with Gasteiger partial charge in [0.05, 0.1) is 0 Å².